The van der Waals surface area contributed by atoms with Crippen molar-refractivity contribution in [2.45, 2.75) is 19.9 Å². The standard InChI is InChI=1S/C19H23ClN2O4S/c1-13-9-10-15(11-17(13)20)22(27(4,24)25)12-19(23)21-14(2)16-7-5-6-8-18(16)26-3/h5-11,14H,12H2,1-4H3,(H,21,23)/t14-/m0/s1. The second-order valence-corrected chi connectivity index (χ2v) is 8.55. The normalized spacial score (nSPS) is 12.3. The number of nitrogens with zero attached hydrogens (tertiary/aromatic N) is 1. The minimum Gasteiger partial charge on any atom is -0.496 e. The molecule has 146 valence electrons. The molecular formula is C19H23ClN2O4S. The van der Waals surface area contributed by atoms with E-state index < -0.39 is 15.9 Å². The molecule has 2 aromatic rings. The summed E-state index contributed by atoms with van der Waals surface area (Å²) in [4.78, 5) is 12.5. The van der Waals surface area contributed by atoms with Gasteiger partial charge in [-0.05, 0) is 37.6 Å². The van der Waals surface area contributed by atoms with Crippen molar-refractivity contribution < 1.29 is 17.9 Å². The molecule has 0 radical (unpaired) electrons. The first kappa shape index (κ1) is 21.1. The fraction of sp³-hybridized carbons (Fsp3) is 0.316. The Morgan fingerprint density at radius 1 is 1.26 bits per heavy atom. The summed E-state index contributed by atoms with van der Waals surface area (Å²) in [5, 5.41) is 3.25. The summed E-state index contributed by atoms with van der Waals surface area (Å²) in [6.45, 7) is 3.28. The van der Waals surface area contributed by atoms with Gasteiger partial charge in [0.25, 0.3) is 0 Å². The second-order valence-electron chi connectivity index (χ2n) is 6.23. The highest BCUT2D eigenvalue weighted by Gasteiger charge is 2.23. The molecule has 6 nitrogen and oxygen atoms in total. The van der Waals surface area contributed by atoms with Gasteiger partial charge in [-0.15, -0.1) is 0 Å². The highest BCUT2D eigenvalue weighted by Crippen LogP contribution is 2.26. The number of para-hydroxylation sites is 1. The van der Waals surface area contributed by atoms with Crippen LogP contribution in [0.3, 0.4) is 0 Å². The van der Waals surface area contributed by atoms with Crippen molar-refractivity contribution in [2.24, 2.45) is 0 Å². The number of benzene rings is 2. The van der Waals surface area contributed by atoms with Crippen LogP contribution in [0.15, 0.2) is 42.5 Å². The van der Waals surface area contributed by atoms with Gasteiger partial charge in [-0.25, -0.2) is 8.42 Å². The second kappa shape index (κ2) is 8.63. The van der Waals surface area contributed by atoms with Gasteiger partial charge in [-0.2, -0.15) is 0 Å². The van der Waals surface area contributed by atoms with Gasteiger partial charge in [0.05, 0.1) is 25.1 Å². The van der Waals surface area contributed by atoms with Gasteiger partial charge < -0.3 is 10.1 Å². The number of carbonyl (C=O) groups excluding carboxylic acids is 1. The Morgan fingerprint density at radius 2 is 1.93 bits per heavy atom. The van der Waals surface area contributed by atoms with Crippen LogP contribution in [0.25, 0.3) is 0 Å². The zero-order valence-electron chi connectivity index (χ0n) is 15.7. The first-order valence-electron chi connectivity index (χ1n) is 8.29. The van der Waals surface area contributed by atoms with Gasteiger partial charge in [-0.3, -0.25) is 9.10 Å². The van der Waals surface area contributed by atoms with Crippen molar-refractivity contribution in [3.05, 3.63) is 58.6 Å². The lowest BCUT2D eigenvalue weighted by Gasteiger charge is -2.24. The van der Waals surface area contributed by atoms with E-state index in [1.807, 2.05) is 32.0 Å². The summed E-state index contributed by atoms with van der Waals surface area (Å²) in [5.41, 5.74) is 1.97. The number of amides is 1. The molecule has 0 aliphatic heterocycles. The molecule has 0 saturated carbocycles. The van der Waals surface area contributed by atoms with Crippen LogP contribution in [0.4, 0.5) is 5.69 Å². The number of rotatable bonds is 7. The van der Waals surface area contributed by atoms with Gasteiger partial charge in [-0.1, -0.05) is 35.9 Å². The van der Waals surface area contributed by atoms with Crippen molar-refractivity contribution in [1.29, 1.82) is 0 Å². The number of sulfonamides is 1. The van der Waals surface area contributed by atoms with Crippen LogP contribution in [0, 0.1) is 6.92 Å². The third-order valence-electron chi connectivity index (χ3n) is 4.11. The van der Waals surface area contributed by atoms with Crippen LogP contribution in [-0.2, 0) is 14.8 Å². The van der Waals surface area contributed by atoms with Crippen molar-refractivity contribution in [1.82, 2.24) is 5.32 Å². The highest BCUT2D eigenvalue weighted by atomic mass is 35.5. The molecule has 1 amide bonds. The molecule has 1 N–H and O–H groups in total. The van der Waals surface area contributed by atoms with Crippen LogP contribution < -0.4 is 14.4 Å². The number of hydrogen-bond acceptors (Lipinski definition) is 4. The Bertz CT molecular complexity index is 931. The highest BCUT2D eigenvalue weighted by molar-refractivity contribution is 7.92. The fourth-order valence-corrected chi connectivity index (χ4v) is 3.68. The molecule has 0 unspecified atom stereocenters. The van der Waals surface area contributed by atoms with Crippen LogP contribution in [0.1, 0.15) is 24.1 Å². The largest absolute Gasteiger partial charge is 0.496 e. The molecule has 1 atom stereocenters. The molecular weight excluding hydrogens is 388 g/mol. The Kier molecular flexibility index (Phi) is 6.73. The van der Waals surface area contributed by atoms with E-state index >= 15 is 0 Å². The van der Waals surface area contributed by atoms with Crippen molar-refractivity contribution >= 4 is 33.2 Å². The molecule has 0 bridgehead atoms. The average Bonchev–Trinajstić information content (AvgIpc) is 2.61. The Labute approximate surface area is 165 Å². The molecule has 0 spiro atoms. The Balaban J connectivity index is 2.20. The van der Waals surface area contributed by atoms with E-state index in [0.29, 0.717) is 16.5 Å². The minimum absolute atomic E-state index is 0.341. The Hall–Kier alpha value is -2.25. The van der Waals surface area contributed by atoms with Crippen LogP contribution in [-0.4, -0.2) is 34.2 Å². The summed E-state index contributed by atoms with van der Waals surface area (Å²) in [5.74, 6) is 0.214. The SMILES string of the molecule is COc1ccccc1[C@H](C)NC(=O)CN(c1ccc(C)c(Cl)c1)S(C)(=O)=O. The third-order valence-corrected chi connectivity index (χ3v) is 5.66. The maximum Gasteiger partial charge on any atom is 0.241 e. The maximum absolute atomic E-state index is 12.5. The molecule has 2 rings (SSSR count). The van der Waals surface area contributed by atoms with E-state index in [4.69, 9.17) is 16.3 Å². The summed E-state index contributed by atoms with van der Waals surface area (Å²) >= 11 is 6.11. The summed E-state index contributed by atoms with van der Waals surface area (Å²) in [7, 11) is -2.11. The maximum atomic E-state index is 12.5. The monoisotopic (exact) mass is 410 g/mol. The van der Waals surface area contributed by atoms with Crippen molar-refractivity contribution in [3.63, 3.8) is 0 Å². The molecule has 27 heavy (non-hydrogen) atoms. The number of nitrogens with one attached hydrogen (secondary N) is 1. The lowest BCUT2D eigenvalue weighted by molar-refractivity contribution is -0.120. The van der Waals surface area contributed by atoms with Gasteiger partial charge in [0, 0.05) is 10.6 Å². The predicted molar refractivity (Wildman–Crippen MR) is 108 cm³/mol. The topological polar surface area (TPSA) is 75.7 Å². The van der Waals surface area contributed by atoms with Gasteiger partial charge >= 0.3 is 0 Å². The van der Waals surface area contributed by atoms with E-state index in [0.717, 1.165) is 21.7 Å². The number of carbonyl (C=O) groups is 1. The van der Waals surface area contributed by atoms with Crippen LogP contribution in [0.2, 0.25) is 5.02 Å². The molecule has 0 saturated heterocycles. The van der Waals surface area contributed by atoms with E-state index in [9.17, 15) is 13.2 Å². The molecule has 0 aromatic heterocycles. The molecule has 0 fully saturated rings. The lowest BCUT2D eigenvalue weighted by Crippen LogP contribution is -2.41. The van der Waals surface area contributed by atoms with Crippen molar-refractivity contribution in [3.8, 4) is 5.75 Å². The number of halogens is 1. The molecule has 0 heterocycles. The zero-order chi connectivity index (χ0) is 20.2. The van der Waals surface area contributed by atoms with E-state index in [2.05, 4.69) is 5.32 Å². The van der Waals surface area contributed by atoms with Gasteiger partial charge in [0.2, 0.25) is 15.9 Å². The average molecular weight is 411 g/mol. The summed E-state index contributed by atoms with van der Waals surface area (Å²) < 4.78 is 30.7. The first-order chi connectivity index (χ1) is 12.6. The van der Waals surface area contributed by atoms with Crippen LogP contribution >= 0.6 is 11.6 Å². The number of methoxy groups -OCH3 is 1. The number of ether oxygens (including phenoxy) is 1. The minimum atomic E-state index is -3.67. The Morgan fingerprint density at radius 3 is 2.52 bits per heavy atom. The van der Waals surface area contributed by atoms with Gasteiger partial charge in [0.15, 0.2) is 0 Å². The third kappa shape index (κ3) is 5.37. The number of hydrogen-bond donors (Lipinski definition) is 1. The van der Waals surface area contributed by atoms with Gasteiger partial charge in [0.1, 0.15) is 12.3 Å². The number of anilines is 1. The van der Waals surface area contributed by atoms with Crippen LogP contribution in [0.5, 0.6) is 5.75 Å². The molecule has 2 aromatic carbocycles. The lowest BCUT2D eigenvalue weighted by atomic mass is 10.1. The quantitative estimate of drug-likeness (QED) is 0.759. The molecule has 8 heteroatoms. The zero-order valence-corrected chi connectivity index (χ0v) is 17.3. The van der Waals surface area contributed by atoms with E-state index in [1.165, 1.54) is 6.07 Å². The van der Waals surface area contributed by atoms with E-state index in [1.54, 1.807) is 25.3 Å². The van der Waals surface area contributed by atoms with Crippen molar-refractivity contribution in [2.75, 3.05) is 24.2 Å². The summed E-state index contributed by atoms with van der Waals surface area (Å²) in [6.07, 6.45) is 1.05. The first-order valence-corrected chi connectivity index (χ1v) is 10.5. The van der Waals surface area contributed by atoms with E-state index in [-0.39, 0.29) is 12.6 Å². The predicted octanol–water partition coefficient (Wildman–Crippen LogP) is 3.30. The number of aryl methyl sites for hydroxylation is 1. The fourth-order valence-electron chi connectivity index (χ4n) is 2.66. The smallest absolute Gasteiger partial charge is 0.241 e. The summed E-state index contributed by atoms with van der Waals surface area (Å²) in [6, 6.07) is 11.9. The molecule has 0 aliphatic rings. The molecule has 0 aliphatic carbocycles.